The summed E-state index contributed by atoms with van der Waals surface area (Å²) < 4.78 is 6.94. The van der Waals surface area contributed by atoms with E-state index in [9.17, 15) is 4.79 Å². The monoisotopic (exact) mass is 359 g/mol. The molecule has 1 N–H and O–H groups in total. The van der Waals surface area contributed by atoms with E-state index in [0.29, 0.717) is 35.1 Å². The minimum absolute atomic E-state index is 0.194. The van der Waals surface area contributed by atoms with Gasteiger partial charge >= 0.3 is 5.69 Å². The van der Waals surface area contributed by atoms with Gasteiger partial charge in [-0.1, -0.05) is 62.0 Å². The number of aromatic nitrogens is 5. The third-order valence-corrected chi connectivity index (χ3v) is 4.76. The van der Waals surface area contributed by atoms with Gasteiger partial charge in [-0.25, -0.2) is 9.89 Å². The predicted molar refractivity (Wildman–Crippen MR) is 96.5 cm³/mol. The van der Waals surface area contributed by atoms with Crippen molar-refractivity contribution in [2.75, 3.05) is 0 Å². The number of rotatable bonds is 7. The van der Waals surface area contributed by atoms with E-state index in [1.807, 2.05) is 19.1 Å². The third kappa shape index (κ3) is 4.01. The molecule has 0 aliphatic carbocycles. The van der Waals surface area contributed by atoms with Gasteiger partial charge in [0.05, 0.1) is 5.75 Å². The number of hydrogen-bond donors (Lipinski definition) is 1. The SMILES string of the molecule is CCCn1c(SCc2nc(-c3ccc(C(C)C)cc3)no2)n[nH]c1=O. The number of hydrogen-bond acceptors (Lipinski definition) is 6. The molecule has 0 atom stereocenters. The van der Waals surface area contributed by atoms with E-state index >= 15 is 0 Å². The van der Waals surface area contributed by atoms with Gasteiger partial charge in [0.15, 0.2) is 5.16 Å². The van der Waals surface area contributed by atoms with Crippen molar-refractivity contribution in [1.82, 2.24) is 24.9 Å². The molecule has 8 heteroatoms. The molecule has 1 aromatic carbocycles. The highest BCUT2D eigenvalue weighted by Gasteiger charge is 2.13. The van der Waals surface area contributed by atoms with Crippen molar-refractivity contribution in [1.29, 1.82) is 0 Å². The minimum Gasteiger partial charge on any atom is -0.338 e. The van der Waals surface area contributed by atoms with Crippen LogP contribution in [-0.4, -0.2) is 24.9 Å². The van der Waals surface area contributed by atoms with Gasteiger partial charge in [0.25, 0.3) is 0 Å². The molecule has 25 heavy (non-hydrogen) atoms. The van der Waals surface area contributed by atoms with Crippen molar-refractivity contribution >= 4 is 11.8 Å². The van der Waals surface area contributed by atoms with Crippen LogP contribution in [0.2, 0.25) is 0 Å². The van der Waals surface area contributed by atoms with Gasteiger partial charge in [0.2, 0.25) is 11.7 Å². The van der Waals surface area contributed by atoms with Crippen LogP contribution in [0.3, 0.4) is 0 Å². The smallest absolute Gasteiger partial charge is 0.338 e. The average molecular weight is 359 g/mol. The molecule has 0 spiro atoms. The van der Waals surface area contributed by atoms with Gasteiger partial charge in [-0.3, -0.25) is 4.57 Å². The maximum Gasteiger partial charge on any atom is 0.343 e. The zero-order valence-electron chi connectivity index (χ0n) is 14.5. The molecule has 7 nitrogen and oxygen atoms in total. The number of nitrogens with one attached hydrogen (secondary N) is 1. The second kappa shape index (κ2) is 7.69. The molecule has 0 unspecified atom stereocenters. The summed E-state index contributed by atoms with van der Waals surface area (Å²) in [6.07, 6.45) is 0.865. The Bertz CT molecular complexity index is 879. The third-order valence-electron chi connectivity index (χ3n) is 3.80. The van der Waals surface area contributed by atoms with Crippen LogP contribution in [0.5, 0.6) is 0 Å². The molecule has 0 aliphatic heterocycles. The molecule has 2 aromatic heterocycles. The molecule has 0 amide bonds. The topological polar surface area (TPSA) is 89.6 Å². The van der Waals surface area contributed by atoms with Crippen molar-refractivity contribution < 1.29 is 4.52 Å². The van der Waals surface area contributed by atoms with E-state index in [2.05, 4.69) is 46.3 Å². The lowest BCUT2D eigenvalue weighted by molar-refractivity contribution is 0.391. The van der Waals surface area contributed by atoms with Crippen LogP contribution >= 0.6 is 11.8 Å². The Kier molecular flexibility index (Phi) is 5.37. The van der Waals surface area contributed by atoms with E-state index in [0.717, 1.165) is 12.0 Å². The highest BCUT2D eigenvalue weighted by atomic mass is 32.2. The molecule has 0 bridgehead atoms. The first-order valence-electron chi connectivity index (χ1n) is 8.29. The fraction of sp³-hybridized carbons (Fsp3) is 0.412. The van der Waals surface area contributed by atoms with Crippen LogP contribution in [0.15, 0.2) is 38.7 Å². The highest BCUT2D eigenvalue weighted by Crippen LogP contribution is 2.23. The van der Waals surface area contributed by atoms with Crippen molar-refractivity contribution in [2.24, 2.45) is 0 Å². The Hall–Kier alpha value is -2.35. The maximum atomic E-state index is 11.7. The summed E-state index contributed by atoms with van der Waals surface area (Å²) in [5.41, 5.74) is 2.00. The van der Waals surface area contributed by atoms with Gasteiger partial charge in [-0.15, -0.1) is 5.10 Å². The number of thioether (sulfide) groups is 1. The summed E-state index contributed by atoms with van der Waals surface area (Å²) in [5, 5.41) is 11.2. The summed E-state index contributed by atoms with van der Waals surface area (Å²) in [4.78, 5) is 16.1. The average Bonchev–Trinajstić information content (AvgIpc) is 3.21. The highest BCUT2D eigenvalue weighted by molar-refractivity contribution is 7.98. The normalized spacial score (nSPS) is 11.4. The van der Waals surface area contributed by atoms with Crippen molar-refractivity contribution in [3.8, 4) is 11.4 Å². The first-order chi connectivity index (χ1) is 12.1. The Morgan fingerprint density at radius 2 is 2.04 bits per heavy atom. The number of H-pyrrole nitrogens is 1. The Morgan fingerprint density at radius 3 is 2.72 bits per heavy atom. The van der Waals surface area contributed by atoms with E-state index in [4.69, 9.17) is 4.52 Å². The van der Waals surface area contributed by atoms with E-state index in [1.54, 1.807) is 4.57 Å². The molecule has 0 radical (unpaired) electrons. The van der Waals surface area contributed by atoms with Crippen molar-refractivity contribution in [3.63, 3.8) is 0 Å². The molecule has 0 saturated carbocycles. The summed E-state index contributed by atoms with van der Waals surface area (Å²) >= 11 is 1.40. The molecule has 132 valence electrons. The molecule has 3 aromatic rings. The van der Waals surface area contributed by atoms with Gasteiger partial charge < -0.3 is 4.52 Å². The summed E-state index contributed by atoms with van der Waals surface area (Å²) in [6.45, 7) is 6.97. The van der Waals surface area contributed by atoms with Crippen molar-refractivity contribution in [3.05, 3.63) is 46.2 Å². The number of aromatic amines is 1. The largest absolute Gasteiger partial charge is 0.343 e. The first kappa shape index (κ1) is 17.5. The lowest BCUT2D eigenvalue weighted by Gasteiger charge is -2.04. The minimum atomic E-state index is -0.194. The summed E-state index contributed by atoms with van der Waals surface area (Å²) in [7, 11) is 0. The fourth-order valence-corrected chi connectivity index (χ4v) is 3.22. The molecule has 2 heterocycles. The zero-order chi connectivity index (χ0) is 17.8. The lowest BCUT2D eigenvalue weighted by Crippen LogP contribution is -2.17. The fourth-order valence-electron chi connectivity index (χ4n) is 2.41. The van der Waals surface area contributed by atoms with Crippen LogP contribution in [0.25, 0.3) is 11.4 Å². The van der Waals surface area contributed by atoms with E-state index in [-0.39, 0.29) is 5.69 Å². The van der Waals surface area contributed by atoms with Crippen LogP contribution in [0.1, 0.15) is 44.6 Å². The quantitative estimate of drug-likeness (QED) is 0.650. The summed E-state index contributed by atoms with van der Waals surface area (Å²) in [6, 6.07) is 8.17. The van der Waals surface area contributed by atoms with Gasteiger partial charge in [-0.05, 0) is 17.9 Å². The van der Waals surface area contributed by atoms with Crippen LogP contribution in [0.4, 0.5) is 0 Å². The Morgan fingerprint density at radius 1 is 1.28 bits per heavy atom. The zero-order valence-corrected chi connectivity index (χ0v) is 15.3. The second-order valence-electron chi connectivity index (χ2n) is 6.04. The standard InChI is InChI=1S/C17H21N5O2S/c1-4-9-22-16(23)19-20-17(22)25-10-14-18-15(21-24-14)13-7-5-12(6-8-13)11(2)3/h5-8,11H,4,9-10H2,1-3H3,(H,19,23). The van der Waals surface area contributed by atoms with Crippen LogP contribution in [0, 0.1) is 0 Å². The molecular weight excluding hydrogens is 338 g/mol. The van der Waals surface area contributed by atoms with Gasteiger partial charge in [0, 0.05) is 12.1 Å². The van der Waals surface area contributed by atoms with E-state index in [1.165, 1.54) is 17.3 Å². The second-order valence-corrected chi connectivity index (χ2v) is 6.98. The molecule has 3 rings (SSSR count). The molecular formula is C17H21N5O2S. The molecule has 0 fully saturated rings. The van der Waals surface area contributed by atoms with Gasteiger partial charge in [-0.2, -0.15) is 4.98 Å². The van der Waals surface area contributed by atoms with Gasteiger partial charge in [0.1, 0.15) is 0 Å². The number of nitrogens with zero attached hydrogens (tertiary/aromatic N) is 4. The molecule has 0 aliphatic rings. The number of benzene rings is 1. The van der Waals surface area contributed by atoms with Crippen molar-refractivity contribution in [2.45, 2.75) is 50.6 Å². The Balaban J connectivity index is 1.69. The molecule has 0 saturated heterocycles. The van der Waals surface area contributed by atoms with Crippen LogP contribution in [-0.2, 0) is 12.3 Å². The maximum absolute atomic E-state index is 11.7. The van der Waals surface area contributed by atoms with E-state index < -0.39 is 0 Å². The first-order valence-corrected chi connectivity index (χ1v) is 9.28. The predicted octanol–water partition coefficient (Wildman–Crippen LogP) is 3.45. The lowest BCUT2D eigenvalue weighted by atomic mass is 10.0. The van der Waals surface area contributed by atoms with Crippen LogP contribution < -0.4 is 5.69 Å². The summed E-state index contributed by atoms with van der Waals surface area (Å²) in [5.74, 6) is 2.02. The Labute approximate surface area is 149 Å².